The lowest BCUT2D eigenvalue weighted by Crippen LogP contribution is -2.34. The number of nitrogens with two attached hydrogens (primary N) is 1. The van der Waals surface area contributed by atoms with E-state index in [-0.39, 0.29) is 5.69 Å². The van der Waals surface area contributed by atoms with E-state index in [4.69, 9.17) is 5.73 Å². The number of hydrogen-bond acceptors (Lipinski definition) is 7. The van der Waals surface area contributed by atoms with Gasteiger partial charge >= 0.3 is 0 Å². The zero-order valence-corrected chi connectivity index (χ0v) is 14.1. The molecule has 0 radical (unpaired) electrons. The standard InChI is InChI=1S/C16H18N8O2/c1-22-3-2-19-16(22)14(25)11-6-10-9-23(4-5-24(10)21-11)13-8-18-7-12(20-13)15(17)26/h2-3,6-8,14,25H,4-5,9H2,1H3,(H2,17,26)/t14-/m1/s1. The maximum Gasteiger partial charge on any atom is 0.268 e. The molecule has 1 amide bonds. The van der Waals surface area contributed by atoms with E-state index in [9.17, 15) is 9.90 Å². The topological polar surface area (TPSA) is 128 Å². The smallest absolute Gasteiger partial charge is 0.268 e. The van der Waals surface area contributed by atoms with E-state index < -0.39 is 12.0 Å². The quantitative estimate of drug-likeness (QED) is 0.653. The summed E-state index contributed by atoms with van der Waals surface area (Å²) in [6.45, 7) is 1.83. The average molecular weight is 354 g/mol. The number of anilines is 1. The molecule has 3 aromatic rings. The molecule has 26 heavy (non-hydrogen) atoms. The van der Waals surface area contributed by atoms with Crippen molar-refractivity contribution in [3.05, 3.63) is 53.8 Å². The van der Waals surface area contributed by atoms with Crippen LogP contribution in [0.4, 0.5) is 5.82 Å². The summed E-state index contributed by atoms with van der Waals surface area (Å²) in [5.74, 6) is 0.513. The molecule has 134 valence electrons. The number of aromatic nitrogens is 6. The highest BCUT2D eigenvalue weighted by molar-refractivity contribution is 5.90. The van der Waals surface area contributed by atoms with Gasteiger partial charge in [-0.05, 0) is 6.07 Å². The number of primary amides is 1. The molecule has 0 unspecified atom stereocenters. The van der Waals surface area contributed by atoms with Gasteiger partial charge in [0, 0.05) is 26.0 Å². The summed E-state index contributed by atoms with van der Waals surface area (Å²) < 4.78 is 3.63. The average Bonchev–Trinajstić information content (AvgIpc) is 3.26. The summed E-state index contributed by atoms with van der Waals surface area (Å²) in [4.78, 5) is 25.8. The molecule has 0 aliphatic carbocycles. The number of carbonyl (C=O) groups excluding carboxylic acids is 1. The Kier molecular flexibility index (Phi) is 3.88. The number of fused-ring (bicyclic) bond motifs is 1. The molecule has 4 rings (SSSR count). The van der Waals surface area contributed by atoms with Crippen molar-refractivity contribution >= 4 is 11.7 Å². The van der Waals surface area contributed by atoms with Crippen molar-refractivity contribution in [3.63, 3.8) is 0 Å². The lowest BCUT2D eigenvalue weighted by molar-refractivity contribution is 0.0995. The van der Waals surface area contributed by atoms with Gasteiger partial charge in [0.1, 0.15) is 17.3 Å². The third-order valence-corrected chi connectivity index (χ3v) is 4.40. The van der Waals surface area contributed by atoms with Crippen LogP contribution in [0, 0.1) is 0 Å². The lowest BCUT2D eigenvalue weighted by Gasteiger charge is -2.28. The molecule has 1 aliphatic heterocycles. The number of amides is 1. The normalized spacial score (nSPS) is 14.9. The van der Waals surface area contributed by atoms with E-state index in [2.05, 4.69) is 20.1 Å². The molecule has 10 heteroatoms. The van der Waals surface area contributed by atoms with Crippen molar-refractivity contribution in [2.24, 2.45) is 12.8 Å². The first-order valence-electron chi connectivity index (χ1n) is 8.11. The van der Waals surface area contributed by atoms with Crippen LogP contribution in [0.1, 0.15) is 33.8 Å². The second-order valence-corrected chi connectivity index (χ2v) is 6.13. The Labute approximate surface area is 148 Å². The summed E-state index contributed by atoms with van der Waals surface area (Å²) >= 11 is 0. The summed E-state index contributed by atoms with van der Waals surface area (Å²) in [5, 5.41) is 15.0. The second-order valence-electron chi connectivity index (χ2n) is 6.13. The van der Waals surface area contributed by atoms with Crippen LogP contribution in [0.3, 0.4) is 0 Å². The van der Waals surface area contributed by atoms with Crippen LogP contribution < -0.4 is 10.6 Å². The van der Waals surface area contributed by atoms with Gasteiger partial charge in [-0.3, -0.25) is 14.5 Å². The molecule has 4 heterocycles. The van der Waals surface area contributed by atoms with Crippen molar-refractivity contribution in [2.75, 3.05) is 11.4 Å². The zero-order valence-electron chi connectivity index (χ0n) is 14.1. The van der Waals surface area contributed by atoms with Gasteiger partial charge in [0.2, 0.25) is 0 Å². The predicted octanol–water partition coefficient (Wildman–Crippen LogP) is -0.393. The van der Waals surface area contributed by atoms with Crippen molar-refractivity contribution < 1.29 is 9.90 Å². The van der Waals surface area contributed by atoms with Crippen LogP contribution in [-0.4, -0.2) is 46.9 Å². The van der Waals surface area contributed by atoms with E-state index in [1.807, 2.05) is 22.7 Å². The third kappa shape index (κ3) is 2.80. The lowest BCUT2D eigenvalue weighted by atomic mass is 10.2. The van der Waals surface area contributed by atoms with Gasteiger partial charge in [-0.1, -0.05) is 0 Å². The third-order valence-electron chi connectivity index (χ3n) is 4.40. The van der Waals surface area contributed by atoms with Gasteiger partial charge in [0.25, 0.3) is 5.91 Å². The summed E-state index contributed by atoms with van der Waals surface area (Å²) in [6, 6.07) is 1.86. The number of hydrogen-bond donors (Lipinski definition) is 2. The van der Waals surface area contributed by atoms with Crippen molar-refractivity contribution in [1.82, 2.24) is 29.3 Å². The molecule has 1 aliphatic rings. The highest BCUT2D eigenvalue weighted by Crippen LogP contribution is 2.24. The molecule has 0 aromatic carbocycles. The summed E-state index contributed by atoms with van der Waals surface area (Å²) in [5.41, 5.74) is 6.89. The van der Waals surface area contributed by atoms with E-state index in [1.165, 1.54) is 6.20 Å². The largest absolute Gasteiger partial charge is 0.379 e. The van der Waals surface area contributed by atoms with Crippen molar-refractivity contribution in [1.29, 1.82) is 0 Å². The molecule has 0 spiro atoms. The Hall–Kier alpha value is -3.27. The Morgan fingerprint density at radius 1 is 1.35 bits per heavy atom. The van der Waals surface area contributed by atoms with Crippen molar-refractivity contribution in [2.45, 2.75) is 19.2 Å². The number of imidazole rings is 1. The van der Waals surface area contributed by atoms with E-state index in [0.717, 1.165) is 5.69 Å². The first-order chi connectivity index (χ1) is 12.5. The Bertz CT molecular complexity index is 963. The number of aryl methyl sites for hydroxylation is 1. The van der Waals surface area contributed by atoms with Crippen LogP contribution in [0.2, 0.25) is 0 Å². The summed E-state index contributed by atoms with van der Waals surface area (Å²) in [6.07, 6.45) is 5.48. The molecule has 0 saturated heterocycles. The monoisotopic (exact) mass is 354 g/mol. The molecule has 3 N–H and O–H groups in total. The molecule has 10 nitrogen and oxygen atoms in total. The van der Waals surface area contributed by atoms with Crippen LogP contribution >= 0.6 is 0 Å². The highest BCUT2D eigenvalue weighted by atomic mass is 16.3. The first kappa shape index (κ1) is 16.2. The van der Waals surface area contributed by atoms with Gasteiger partial charge in [-0.25, -0.2) is 9.97 Å². The van der Waals surface area contributed by atoms with E-state index in [0.29, 0.717) is 37.0 Å². The molecule has 0 bridgehead atoms. The molecule has 3 aromatic heterocycles. The number of aliphatic hydroxyl groups is 1. The minimum absolute atomic E-state index is 0.132. The van der Waals surface area contributed by atoms with Gasteiger partial charge in [0.05, 0.1) is 36.9 Å². The van der Waals surface area contributed by atoms with E-state index >= 15 is 0 Å². The maximum atomic E-state index is 11.3. The Balaban J connectivity index is 1.58. The minimum atomic E-state index is -0.889. The molecular weight excluding hydrogens is 336 g/mol. The number of carbonyl (C=O) groups is 1. The van der Waals surface area contributed by atoms with Crippen LogP contribution in [0.25, 0.3) is 0 Å². The fourth-order valence-electron chi connectivity index (χ4n) is 3.02. The molecule has 1 atom stereocenters. The van der Waals surface area contributed by atoms with Gasteiger partial charge in [-0.15, -0.1) is 0 Å². The maximum absolute atomic E-state index is 11.3. The summed E-state index contributed by atoms with van der Waals surface area (Å²) in [7, 11) is 1.83. The molecule has 0 fully saturated rings. The van der Waals surface area contributed by atoms with E-state index in [1.54, 1.807) is 23.2 Å². The molecular formula is C16H18N8O2. The van der Waals surface area contributed by atoms with Crippen LogP contribution in [0.15, 0.2) is 30.9 Å². The van der Waals surface area contributed by atoms with Gasteiger partial charge in [0.15, 0.2) is 6.10 Å². The Morgan fingerprint density at radius 3 is 2.92 bits per heavy atom. The highest BCUT2D eigenvalue weighted by Gasteiger charge is 2.24. The number of rotatable bonds is 4. The van der Waals surface area contributed by atoms with Crippen molar-refractivity contribution in [3.8, 4) is 0 Å². The van der Waals surface area contributed by atoms with Gasteiger partial charge in [-0.2, -0.15) is 5.10 Å². The molecule has 0 saturated carbocycles. The number of nitrogens with zero attached hydrogens (tertiary/aromatic N) is 7. The van der Waals surface area contributed by atoms with Crippen LogP contribution in [-0.2, 0) is 20.1 Å². The van der Waals surface area contributed by atoms with Gasteiger partial charge < -0.3 is 20.3 Å². The minimum Gasteiger partial charge on any atom is -0.379 e. The fraction of sp³-hybridized carbons (Fsp3) is 0.312. The SMILES string of the molecule is Cn1ccnc1[C@H](O)c1cc2n(n1)CCN(c1cncc(C(N)=O)n1)C2. The first-order valence-corrected chi connectivity index (χ1v) is 8.11. The number of aliphatic hydroxyl groups excluding tert-OH is 1. The second kappa shape index (κ2) is 6.23. The fourth-order valence-corrected chi connectivity index (χ4v) is 3.02. The Morgan fingerprint density at radius 2 is 2.19 bits per heavy atom. The zero-order chi connectivity index (χ0) is 18.3. The van der Waals surface area contributed by atoms with Crippen LogP contribution in [0.5, 0.6) is 0 Å². The predicted molar refractivity (Wildman–Crippen MR) is 91.1 cm³/mol.